The molecule has 1 unspecified atom stereocenters. The minimum Gasteiger partial charge on any atom is -0.360 e. The zero-order valence-electron chi connectivity index (χ0n) is 11.7. The maximum absolute atomic E-state index is 12.1. The molecule has 0 aliphatic carbocycles. The van der Waals surface area contributed by atoms with Crippen LogP contribution in [0.5, 0.6) is 0 Å². The van der Waals surface area contributed by atoms with Crippen molar-refractivity contribution in [2.75, 3.05) is 24.5 Å². The first-order valence-corrected chi connectivity index (χ1v) is 6.75. The lowest BCUT2D eigenvalue weighted by atomic mass is 10.1. The SMILES string of the molecule is CC1CN(CC(=O)NCC(F)(F)F)c2ccccc2CN1. The molecule has 4 nitrogen and oxygen atoms in total. The summed E-state index contributed by atoms with van der Waals surface area (Å²) in [4.78, 5) is 13.5. The number of hydrogen-bond donors (Lipinski definition) is 2. The Kier molecular flexibility index (Phi) is 4.72. The van der Waals surface area contributed by atoms with Gasteiger partial charge in [-0.3, -0.25) is 4.79 Å². The quantitative estimate of drug-likeness (QED) is 0.892. The van der Waals surface area contributed by atoms with E-state index in [9.17, 15) is 18.0 Å². The minimum atomic E-state index is -4.39. The molecule has 1 aliphatic rings. The van der Waals surface area contributed by atoms with Gasteiger partial charge in [-0.2, -0.15) is 13.2 Å². The average Bonchev–Trinajstić information content (AvgIpc) is 2.56. The molecule has 1 aromatic rings. The van der Waals surface area contributed by atoms with Crippen LogP contribution in [-0.4, -0.2) is 37.8 Å². The second-order valence-corrected chi connectivity index (χ2v) is 5.18. The van der Waals surface area contributed by atoms with Crippen molar-refractivity contribution < 1.29 is 18.0 Å². The number of halogens is 3. The topological polar surface area (TPSA) is 44.4 Å². The van der Waals surface area contributed by atoms with Crippen LogP contribution in [0.3, 0.4) is 0 Å². The van der Waals surface area contributed by atoms with E-state index in [0.717, 1.165) is 11.3 Å². The summed E-state index contributed by atoms with van der Waals surface area (Å²) in [7, 11) is 0. The van der Waals surface area contributed by atoms with Crippen LogP contribution in [0.2, 0.25) is 0 Å². The van der Waals surface area contributed by atoms with Crippen molar-refractivity contribution in [3.63, 3.8) is 0 Å². The van der Waals surface area contributed by atoms with Crippen molar-refractivity contribution in [3.05, 3.63) is 29.8 Å². The number of fused-ring (bicyclic) bond motifs is 1. The predicted octanol–water partition coefficient (Wildman–Crippen LogP) is 1.66. The number of benzene rings is 1. The molecule has 1 heterocycles. The molecule has 0 fully saturated rings. The number of nitrogens with zero attached hydrogens (tertiary/aromatic N) is 1. The van der Waals surface area contributed by atoms with E-state index in [0.29, 0.717) is 13.1 Å². The average molecular weight is 301 g/mol. The van der Waals surface area contributed by atoms with Crippen molar-refractivity contribution in [1.82, 2.24) is 10.6 Å². The van der Waals surface area contributed by atoms with Crippen molar-refractivity contribution in [3.8, 4) is 0 Å². The normalized spacial score (nSPS) is 18.9. The zero-order valence-corrected chi connectivity index (χ0v) is 11.7. The molecule has 1 aromatic carbocycles. The number of anilines is 1. The Hall–Kier alpha value is -1.76. The van der Waals surface area contributed by atoms with Gasteiger partial charge in [-0.25, -0.2) is 0 Å². The number of nitrogens with one attached hydrogen (secondary N) is 2. The van der Waals surface area contributed by atoms with Gasteiger partial charge in [0.25, 0.3) is 0 Å². The lowest BCUT2D eigenvalue weighted by Crippen LogP contribution is -2.44. The Labute approximate surface area is 121 Å². The Morgan fingerprint density at radius 3 is 2.86 bits per heavy atom. The number of carbonyl (C=O) groups is 1. The van der Waals surface area contributed by atoms with E-state index in [1.165, 1.54) is 0 Å². The molecular formula is C14H18F3N3O. The third kappa shape index (κ3) is 4.63. The van der Waals surface area contributed by atoms with Crippen LogP contribution in [0.1, 0.15) is 12.5 Å². The molecule has 0 spiro atoms. The van der Waals surface area contributed by atoms with Crippen LogP contribution in [0.25, 0.3) is 0 Å². The van der Waals surface area contributed by atoms with E-state index in [-0.39, 0.29) is 12.6 Å². The molecule has 0 radical (unpaired) electrons. The summed E-state index contributed by atoms with van der Waals surface area (Å²) in [5, 5.41) is 5.22. The molecule has 7 heteroatoms. The maximum Gasteiger partial charge on any atom is 0.405 e. The summed E-state index contributed by atoms with van der Waals surface area (Å²) in [6.45, 7) is 1.84. The molecule has 0 saturated carbocycles. The summed E-state index contributed by atoms with van der Waals surface area (Å²) < 4.78 is 36.4. The summed E-state index contributed by atoms with van der Waals surface area (Å²) in [5.41, 5.74) is 1.92. The molecule has 116 valence electrons. The van der Waals surface area contributed by atoms with E-state index in [1.807, 2.05) is 41.4 Å². The van der Waals surface area contributed by atoms with Crippen LogP contribution in [0.4, 0.5) is 18.9 Å². The van der Waals surface area contributed by atoms with Gasteiger partial charge in [0.05, 0.1) is 6.54 Å². The molecule has 21 heavy (non-hydrogen) atoms. The smallest absolute Gasteiger partial charge is 0.360 e. The summed E-state index contributed by atoms with van der Waals surface area (Å²) in [6.07, 6.45) is -4.39. The number of hydrogen-bond acceptors (Lipinski definition) is 3. The first kappa shape index (κ1) is 15.6. The monoisotopic (exact) mass is 301 g/mol. The molecule has 1 aliphatic heterocycles. The summed E-state index contributed by atoms with van der Waals surface area (Å²) >= 11 is 0. The zero-order chi connectivity index (χ0) is 15.5. The summed E-state index contributed by atoms with van der Waals surface area (Å²) in [6, 6.07) is 7.73. The van der Waals surface area contributed by atoms with Gasteiger partial charge < -0.3 is 15.5 Å². The Bertz CT molecular complexity index is 504. The van der Waals surface area contributed by atoms with Gasteiger partial charge in [-0.15, -0.1) is 0 Å². The minimum absolute atomic E-state index is 0.0842. The van der Waals surface area contributed by atoms with Crippen molar-refractivity contribution in [2.45, 2.75) is 25.7 Å². The highest BCUT2D eigenvalue weighted by atomic mass is 19.4. The highest BCUT2D eigenvalue weighted by Crippen LogP contribution is 2.23. The molecule has 2 rings (SSSR count). The van der Waals surface area contributed by atoms with E-state index >= 15 is 0 Å². The lowest BCUT2D eigenvalue weighted by molar-refractivity contribution is -0.137. The second-order valence-electron chi connectivity index (χ2n) is 5.18. The number of alkyl halides is 3. The van der Waals surface area contributed by atoms with Gasteiger partial charge in [0, 0.05) is 24.8 Å². The van der Waals surface area contributed by atoms with Crippen molar-refractivity contribution >= 4 is 11.6 Å². The Balaban J connectivity index is 2.05. The molecule has 0 saturated heterocycles. The van der Waals surface area contributed by atoms with Gasteiger partial charge in [0.1, 0.15) is 6.54 Å². The highest BCUT2D eigenvalue weighted by molar-refractivity contribution is 5.81. The highest BCUT2D eigenvalue weighted by Gasteiger charge is 2.28. The van der Waals surface area contributed by atoms with Gasteiger partial charge in [0.15, 0.2) is 0 Å². The van der Waals surface area contributed by atoms with Crippen molar-refractivity contribution in [1.29, 1.82) is 0 Å². The van der Waals surface area contributed by atoms with Crippen LogP contribution in [0.15, 0.2) is 24.3 Å². The maximum atomic E-state index is 12.1. The molecule has 1 amide bonds. The standard InChI is InChI=1S/C14H18F3N3O/c1-10-7-20(8-13(21)19-9-14(15,16)17)12-5-3-2-4-11(12)6-18-10/h2-5,10,18H,6-9H2,1H3,(H,19,21). The Morgan fingerprint density at radius 1 is 1.43 bits per heavy atom. The lowest BCUT2D eigenvalue weighted by Gasteiger charge is -2.26. The third-order valence-electron chi connectivity index (χ3n) is 3.29. The third-order valence-corrected chi connectivity index (χ3v) is 3.29. The van der Waals surface area contributed by atoms with E-state index in [2.05, 4.69) is 5.32 Å². The molecule has 1 atom stereocenters. The van der Waals surface area contributed by atoms with Gasteiger partial charge in [-0.05, 0) is 18.6 Å². The summed E-state index contributed by atoms with van der Waals surface area (Å²) in [5.74, 6) is -0.628. The first-order chi connectivity index (χ1) is 9.85. The van der Waals surface area contributed by atoms with Crippen LogP contribution in [0, 0.1) is 0 Å². The van der Waals surface area contributed by atoms with Crippen LogP contribution >= 0.6 is 0 Å². The van der Waals surface area contributed by atoms with E-state index in [4.69, 9.17) is 0 Å². The van der Waals surface area contributed by atoms with Crippen LogP contribution in [-0.2, 0) is 11.3 Å². The van der Waals surface area contributed by atoms with Gasteiger partial charge in [0.2, 0.25) is 5.91 Å². The fourth-order valence-corrected chi connectivity index (χ4v) is 2.32. The number of carbonyl (C=O) groups excluding carboxylic acids is 1. The first-order valence-electron chi connectivity index (χ1n) is 6.75. The van der Waals surface area contributed by atoms with Crippen LogP contribution < -0.4 is 15.5 Å². The van der Waals surface area contributed by atoms with E-state index in [1.54, 1.807) is 0 Å². The largest absolute Gasteiger partial charge is 0.405 e. The van der Waals surface area contributed by atoms with E-state index < -0.39 is 18.6 Å². The van der Waals surface area contributed by atoms with Gasteiger partial charge in [-0.1, -0.05) is 18.2 Å². The fourth-order valence-electron chi connectivity index (χ4n) is 2.32. The molecule has 0 aromatic heterocycles. The fraction of sp³-hybridized carbons (Fsp3) is 0.500. The molecular weight excluding hydrogens is 283 g/mol. The van der Waals surface area contributed by atoms with Crippen molar-refractivity contribution in [2.24, 2.45) is 0 Å². The number of rotatable bonds is 3. The van der Waals surface area contributed by atoms with Gasteiger partial charge >= 0.3 is 6.18 Å². The second kappa shape index (κ2) is 6.34. The molecule has 0 bridgehead atoms. The number of para-hydroxylation sites is 1. The Morgan fingerprint density at radius 2 is 2.14 bits per heavy atom. The predicted molar refractivity (Wildman–Crippen MR) is 74.0 cm³/mol. The molecule has 2 N–H and O–H groups in total. The number of amides is 1.